The van der Waals surface area contributed by atoms with E-state index in [-0.39, 0.29) is 6.04 Å². The van der Waals surface area contributed by atoms with Crippen LogP contribution in [0.2, 0.25) is 0 Å². The summed E-state index contributed by atoms with van der Waals surface area (Å²) in [6.07, 6.45) is 2.88. The third-order valence-electron chi connectivity index (χ3n) is 4.41. The third-order valence-corrected chi connectivity index (χ3v) is 5.37. The molecular formula is C19H20N6S. The van der Waals surface area contributed by atoms with Crippen LogP contribution in [0, 0.1) is 6.92 Å². The first-order valence-electron chi connectivity index (χ1n) is 8.67. The van der Waals surface area contributed by atoms with Crippen molar-refractivity contribution in [3.63, 3.8) is 0 Å². The lowest BCUT2D eigenvalue weighted by molar-refractivity contribution is 0.497. The highest BCUT2D eigenvalue weighted by Crippen LogP contribution is 2.34. The molecule has 0 radical (unpaired) electrons. The highest BCUT2D eigenvalue weighted by Gasteiger charge is 2.20. The number of benzene rings is 1. The molecule has 0 spiro atoms. The van der Waals surface area contributed by atoms with E-state index in [0.717, 1.165) is 44.8 Å². The summed E-state index contributed by atoms with van der Waals surface area (Å²) < 4.78 is 2.20. The van der Waals surface area contributed by atoms with Crippen LogP contribution in [-0.2, 0) is 0 Å². The number of fused-ring (bicyclic) bond motifs is 1. The molecule has 0 saturated heterocycles. The van der Waals surface area contributed by atoms with Gasteiger partial charge >= 0.3 is 0 Å². The average molecular weight is 364 g/mol. The van der Waals surface area contributed by atoms with E-state index in [1.807, 2.05) is 37.4 Å². The van der Waals surface area contributed by atoms with E-state index in [9.17, 15) is 0 Å². The lowest BCUT2D eigenvalue weighted by Crippen LogP contribution is -2.07. The number of hydrogen-bond acceptors (Lipinski definition) is 5. The summed E-state index contributed by atoms with van der Waals surface area (Å²) in [5.41, 5.74) is 1.91. The first-order chi connectivity index (χ1) is 12.7. The van der Waals surface area contributed by atoms with Gasteiger partial charge in [0.1, 0.15) is 16.5 Å². The first-order valence-corrected chi connectivity index (χ1v) is 9.49. The van der Waals surface area contributed by atoms with Crippen molar-refractivity contribution in [1.82, 2.24) is 29.7 Å². The number of nitrogens with zero attached hydrogens (tertiary/aromatic N) is 5. The van der Waals surface area contributed by atoms with E-state index < -0.39 is 0 Å². The SMILES string of the molecule is CCC(C)n1c(Sc2nc(C)nc3[nH]ccc23)nnc1-c1ccccc1. The van der Waals surface area contributed by atoms with Gasteiger partial charge in [-0.25, -0.2) is 9.97 Å². The van der Waals surface area contributed by atoms with Crippen LogP contribution in [-0.4, -0.2) is 29.7 Å². The van der Waals surface area contributed by atoms with Crippen LogP contribution in [0.1, 0.15) is 32.1 Å². The highest BCUT2D eigenvalue weighted by molar-refractivity contribution is 7.99. The zero-order valence-electron chi connectivity index (χ0n) is 15.0. The summed E-state index contributed by atoms with van der Waals surface area (Å²) in [6, 6.07) is 12.5. The molecule has 3 aromatic heterocycles. The standard InChI is InChI=1S/C19H20N6S/c1-4-12(2)25-17(14-8-6-5-7-9-14)23-24-19(25)26-18-15-10-11-20-16(15)21-13(3)22-18/h5-12H,4H2,1-3H3,(H,20,21,22). The minimum absolute atomic E-state index is 0.285. The smallest absolute Gasteiger partial charge is 0.198 e. The average Bonchev–Trinajstić information content (AvgIpc) is 3.28. The molecule has 3 heterocycles. The van der Waals surface area contributed by atoms with Crippen molar-refractivity contribution in [2.24, 2.45) is 0 Å². The van der Waals surface area contributed by atoms with Crippen LogP contribution < -0.4 is 0 Å². The fourth-order valence-corrected chi connectivity index (χ4v) is 3.97. The van der Waals surface area contributed by atoms with E-state index in [2.05, 4.69) is 55.7 Å². The molecule has 0 amide bonds. The molecule has 1 N–H and O–H groups in total. The molecule has 4 aromatic rings. The fraction of sp³-hybridized carbons (Fsp3) is 0.263. The molecule has 0 saturated carbocycles. The normalized spacial score (nSPS) is 12.6. The lowest BCUT2D eigenvalue weighted by atomic mass is 10.2. The van der Waals surface area contributed by atoms with Crippen LogP contribution in [0.15, 0.2) is 52.8 Å². The van der Waals surface area contributed by atoms with Crippen molar-refractivity contribution in [3.05, 3.63) is 48.4 Å². The summed E-state index contributed by atoms with van der Waals surface area (Å²) >= 11 is 1.54. The molecule has 0 bridgehead atoms. The quantitative estimate of drug-likeness (QED) is 0.522. The molecule has 0 fully saturated rings. The summed E-state index contributed by atoms with van der Waals surface area (Å²) in [7, 11) is 0. The molecule has 0 aliphatic carbocycles. The predicted molar refractivity (Wildman–Crippen MR) is 103 cm³/mol. The minimum Gasteiger partial charge on any atom is -0.346 e. The van der Waals surface area contributed by atoms with Gasteiger partial charge in [-0.2, -0.15) is 0 Å². The molecule has 0 aliphatic heterocycles. The predicted octanol–water partition coefficient (Wildman–Crippen LogP) is 4.65. The molecule has 1 aromatic carbocycles. The number of rotatable bonds is 5. The second-order valence-corrected chi connectivity index (χ2v) is 7.17. The van der Waals surface area contributed by atoms with E-state index in [0.29, 0.717) is 0 Å². The molecule has 1 unspecified atom stereocenters. The zero-order chi connectivity index (χ0) is 18.1. The Bertz CT molecular complexity index is 1040. The molecule has 26 heavy (non-hydrogen) atoms. The summed E-state index contributed by atoms with van der Waals surface area (Å²) in [4.78, 5) is 12.2. The van der Waals surface area contributed by atoms with E-state index in [4.69, 9.17) is 0 Å². The Labute approximate surface area is 156 Å². The van der Waals surface area contributed by atoms with Gasteiger partial charge in [0.05, 0.1) is 5.39 Å². The van der Waals surface area contributed by atoms with E-state index >= 15 is 0 Å². The van der Waals surface area contributed by atoms with Crippen LogP contribution in [0.5, 0.6) is 0 Å². The number of aryl methyl sites for hydroxylation is 1. The molecule has 6 nitrogen and oxygen atoms in total. The Morgan fingerprint density at radius 1 is 1.12 bits per heavy atom. The van der Waals surface area contributed by atoms with Gasteiger partial charge < -0.3 is 4.98 Å². The zero-order valence-corrected chi connectivity index (χ0v) is 15.8. The third kappa shape index (κ3) is 2.99. The van der Waals surface area contributed by atoms with Gasteiger partial charge in [0.25, 0.3) is 0 Å². The molecule has 0 aliphatic rings. The van der Waals surface area contributed by atoms with Gasteiger partial charge in [-0.3, -0.25) is 4.57 Å². The van der Waals surface area contributed by atoms with Crippen LogP contribution >= 0.6 is 11.8 Å². The number of aromatic amines is 1. The molecular weight excluding hydrogens is 344 g/mol. The minimum atomic E-state index is 0.285. The number of aromatic nitrogens is 6. The van der Waals surface area contributed by atoms with Gasteiger partial charge in [0.2, 0.25) is 0 Å². The summed E-state index contributed by atoms with van der Waals surface area (Å²) in [6.45, 7) is 6.27. The molecule has 4 rings (SSSR count). The Morgan fingerprint density at radius 3 is 2.69 bits per heavy atom. The van der Waals surface area contributed by atoms with Crippen LogP contribution in [0.3, 0.4) is 0 Å². The van der Waals surface area contributed by atoms with Crippen molar-refractivity contribution >= 4 is 22.8 Å². The van der Waals surface area contributed by atoms with Crippen molar-refractivity contribution in [1.29, 1.82) is 0 Å². The van der Waals surface area contributed by atoms with Gasteiger partial charge in [-0.1, -0.05) is 37.3 Å². The Kier molecular flexibility index (Phi) is 4.46. The van der Waals surface area contributed by atoms with Gasteiger partial charge in [-0.05, 0) is 38.1 Å². The maximum atomic E-state index is 4.63. The Morgan fingerprint density at radius 2 is 1.92 bits per heavy atom. The number of H-pyrrole nitrogens is 1. The molecule has 7 heteroatoms. The van der Waals surface area contributed by atoms with Gasteiger partial charge in [0.15, 0.2) is 11.0 Å². The Balaban J connectivity index is 1.81. The van der Waals surface area contributed by atoms with Crippen molar-refractivity contribution in [2.75, 3.05) is 0 Å². The second-order valence-electron chi connectivity index (χ2n) is 6.22. The van der Waals surface area contributed by atoms with E-state index in [1.165, 1.54) is 11.8 Å². The number of hydrogen-bond donors (Lipinski definition) is 1. The van der Waals surface area contributed by atoms with Crippen LogP contribution in [0.25, 0.3) is 22.4 Å². The van der Waals surface area contributed by atoms with E-state index in [1.54, 1.807) is 0 Å². The summed E-state index contributed by atoms with van der Waals surface area (Å²) in [5, 5.41) is 11.7. The maximum Gasteiger partial charge on any atom is 0.198 e. The summed E-state index contributed by atoms with van der Waals surface area (Å²) in [5.74, 6) is 1.62. The second kappa shape index (κ2) is 6.92. The molecule has 1 atom stereocenters. The van der Waals surface area contributed by atoms with Crippen molar-refractivity contribution in [3.8, 4) is 11.4 Å². The maximum absolute atomic E-state index is 4.63. The van der Waals surface area contributed by atoms with Crippen molar-refractivity contribution in [2.45, 2.75) is 43.4 Å². The molecule has 132 valence electrons. The fourth-order valence-electron chi connectivity index (χ4n) is 2.89. The number of nitrogens with one attached hydrogen (secondary N) is 1. The lowest BCUT2D eigenvalue weighted by Gasteiger charge is -2.16. The monoisotopic (exact) mass is 364 g/mol. The first kappa shape index (κ1) is 16.8. The Hall–Kier alpha value is -2.67. The largest absolute Gasteiger partial charge is 0.346 e. The van der Waals surface area contributed by atoms with Gasteiger partial charge in [0, 0.05) is 17.8 Å². The topological polar surface area (TPSA) is 72.3 Å². The highest BCUT2D eigenvalue weighted by atomic mass is 32.2. The van der Waals surface area contributed by atoms with Crippen LogP contribution in [0.4, 0.5) is 0 Å². The van der Waals surface area contributed by atoms with Gasteiger partial charge in [-0.15, -0.1) is 10.2 Å². The van der Waals surface area contributed by atoms with Crippen molar-refractivity contribution < 1.29 is 0 Å².